The van der Waals surface area contributed by atoms with Crippen molar-refractivity contribution in [2.45, 2.75) is 44.4 Å². The number of fused-ring (bicyclic) bond motifs is 1. The molecule has 1 unspecified atom stereocenters. The summed E-state index contributed by atoms with van der Waals surface area (Å²) in [6.07, 6.45) is -2.75. The molecule has 0 bridgehead atoms. The lowest BCUT2D eigenvalue weighted by Gasteiger charge is -2.27. The fraction of sp³-hybridized carbons (Fsp3) is 0.333. The lowest BCUT2D eigenvalue weighted by molar-refractivity contribution is -0.276. The van der Waals surface area contributed by atoms with Crippen LogP contribution < -0.4 is 4.74 Å². The van der Waals surface area contributed by atoms with Crippen LogP contribution in [0, 0.1) is 23.3 Å². The first kappa shape index (κ1) is 21.2. The van der Waals surface area contributed by atoms with Gasteiger partial charge in [-0.05, 0) is 72.9 Å². The van der Waals surface area contributed by atoms with E-state index >= 15 is 0 Å². The molecule has 0 saturated heterocycles. The summed E-state index contributed by atoms with van der Waals surface area (Å²) < 4.78 is 98.0. The van der Waals surface area contributed by atoms with E-state index in [2.05, 4.69) is 11.3 Å². The largest absolute Gasteiger partial charge is 0.573 e. The molecule has 2 aromatic rings. The van der Waals surface area contributed by atoms with Crippen LogP contribution in [-0.4, -0.2) is 6.36 Å². The van der Waals surface area contributed by atoms with Crippen molar-refractivity contribution in [3.63, 3.8) is 0 Å². The minimum atomic E-state index is -5.24. The Balaban J connectivity index is 1.91. The van der Waals surface area contributed by atoms with Gasteiger partial charge in [-0.25, -0.2) is 17.6 Å². The number of halogens is 7. The molecule has 0 aliphatic heterocycles. The molecule has 0 aromatic heterocycles. The third-order valence-electron chi connectivity index (χ3n) is 4.98. The summed E-state index contributed by atoms with van der Waals surface area (Å²) in [5.74, 6) is -6.66. The normalized spacial score (nSPS) is 16.4. The van der Waals surface area contributed by atoms with Gasteiger partial charge in [-0.3, -0.25) is 0 Å². The Morgan fingerprint density at radius 1 is 1.03 bits per heavy atom. The number of rotatable bonds is 5. The van der Waals surface area contributed by atoms with Crippen LogP contribution in [0.3, 0.4) is 0 Å². The molecule has 1 atom stereocenters. The number of ether oxygens (including phenoxy) is 1. The SMILES string of the molecule is C=CCCc1cc(F)c(C2CCc3c(cc(F)c(OC(F)(F)F)c3F)C2)c(F)c1. The zero-order valence-corrected chi connectivity index (χ0v) is 15.2. The van der Waals surface area contributed by atoms with Crippen molar-refractivity contribution in [1.82, 2.24) is 0 Å². The van der Waals surface area contributed by atoms with Crippen molar-refractivity contribution in [3.8, 4) is 5.75 Å². The number of alkyl halides is 3. The van der Waals surface area contributed by atoms with Gasteiger partial charge in [-0.1, -0.05) is 6.08 Å². The van der Waals surface area contributed by atoms with E-state index in [-0.39, 0.29) is 36.0 Å². The van der Waals surface area contributed by atoms with Gasteiger partial charge < -0.3 is 4.74 Å². The topological polar surface area (TPSA) is 9.23 Å². The van der Waals surface area contributed by atoms with Gasteiger partial charge >= 0.3 is 6.36 Å². The highest BCUT2D eigenvalue weighted by molar-refractivity contribution is 5.43. The van der Waals surface area contributed by atoms with Crippen LogP contribution in [0.15, 0.2) is 30.9 Å². The molecule has 8 heteroatoms. The van der Waals surface area contributed by atoms with Crippen molar-refractivity contribution in [1.29, 1.82) is 0 Å². The number of benzene rings is 2. The van der Waals surface area contributed by atoms with Gasteiger partial charge in [-0.2, -0.15) is 0 Å². The van der Waals surface area contributed by atoms with Gasteiger partial charge in [0, 0.05) is 5.56 Å². The van der Waals surface area contributed by atoms with Crippen molar-refractivity contribution in [2.24, 2.45) is 0 Å². The van der Waals surface area contributed by atoms with Crippen LogP contribution in [0.25, 0.3) is 0 Å². The second-order valence-corrected chi connectivity index (χ2v) is 6.93. The molecule has 0 amide bonds. The fourth-order valence-corrected chi connectivity index (χ4v) is 3.72. The smallest absolute Gasteiger partial charge is 0.399 e. The van der Waals surface area contributed by atoms with Gasteiger partial charge in [0.1, 0.15) is 11.6 Å². The molecule has 1 aliphatic rings. The Kier molecular flexibility index (Phi) is 5.91. The molecule has 156 valence electrons. The van der Waals surface area contributed by atoms with Crippen LogP contribution in [0.2, 0.25) is 0 Å². The van der Waals surface area contributed by atoms with Crippen LogP contribution in [-0.2, 0) is 19.3 Å². The van der Waals surface area contributed by atoms with Gasteiger partial charge in [0.15, 0.2) is 11.6 Å². The first-order chi connectivity index (χ1) is 13.6. The minimum absolute atomic E-state index is 0.0697. The Hall–Kier alpha value is -2.51. The summed E-state index contributed by atoms with van der Waals surface area (Å²) in [6, 6.07) is 3.18. The summed E-state index contributed by atoms with van der Waals surface area (Å²) in [5.41, 5.74) is 0.214. The standard InChI is InChI=1S/C21H17F7O/c1-2-3-4-11-7-15(22)18(16(23)8-11)12-5-6-14-13(9-12)10-17(24)20(19(14)25)29-21(26,27)28/h2,7-8,10,12H,1,3-6,9H2. The van der Waals surface area contributed by atoms with Crippen LogP contribution in [0.1, 0.15) is 41.0 Å². The van der Waals surface area contributed by atoms with Crippen molar-refractivity contribution in [3.05, 3.63) is 76.4 Å². The zero-order chi connectivity index (χ0) is 21.3. The third-order valence-corrected chi connectivity index (χ3v) is 4.98. The minimum Gasteiger partial charge on any atom is -0.399 e. The van der Waals surface area contributed by atoms with Gasteiger partial charge in [0.2, 0.25) is 5.75 Å². The molecule has 0 radical (unpaired) electrons. The zero-order valence-electron chi connectivity index (χ0n) is 15.2. The number of aryl methyl sites for hydroxylation is 1. The molecule has 29 heavy (non-hydrogen) atoms. The lowest BCUT2D eigenvalue weighted by Crippen LogP contribution is -2.22. The molecule has 1 nitrogen and oxygen atoms in total. The van der Waals surface area contributed by atoms with E-state index in [9.17, 15) is 30.7 Å². The monoisotopic (exact) mass is 418 g/mol. The number of allylic oxidation sites excluding steroid dienone is 1. The highest BCUT2D eigenvalue weighted by Crippen LogP contribution is 2.40. The maximum absolute atomic E-state index is 14.5. The quantitative estimate of drug-likeness (QED) is 0.396. The summed E-state index contributed by atoms with van der Waals surface area (Å²) >= 11 is 0. The highest BCUT2D eigenvalue weighted by atomic mass is 19.4. The third kappa shape index (κ3) is 4.57. The predicted molar refractivity (Wildman–Crippen MR) is 92.7 cm³/mol. The van der Waals surface area contributed by atoms with Crippen LogP contribution >= 0.6 is 0 Å². The van der Waals surface area contributed by atoms with Crippen molar-refractivity contribution in [2.75, 3.05) is 0 Å². The molecule has 0 saturated carbocycles. The lowest BCUT2D eigenvalue weighted by atomic mass is 9.79. The molecule has 1 aliphatic carbocycles. The maximum atomic E-state index is 14.5. The second kappa shape index (κ2) is 8.08. The van der Waals surface area contributed by atoms with E-state index in [1.54, 1.807) is 6.08 Å². The van der Waals surface area contributed by atoms with E-state index in [0.717, 1.165) is 6.07 Å². The van der Waals surface area contributed by atoms with E-state index in [4.69, 9.17) is 0 Å². The maximum Gasteiger partial charge on any atom is 0.573 e. The average molecular weight is 418 g/mol. The molecular formula is C21H17F7O. The van der Waals surface area contributed by atoms with Gasteiger partial charge in [-0.15, -0.1) is 19.8 Å². The first-order valence-electron chi connectivity index (χ1n) is 8.95. The molecule has 0 spiro atoms. The number of hydrogen-bond acceptors (Lipinski definition) is 1. The second-order valence-electron chi connectivity index (χ2n) is 6.93. The fourth-order valence-electron chi connectivity index (χ4n) is 3.72. The van der Waals surface area contributed by atoms with E-state index < -0.39 is 41.3 Å². The molecule has 0 heterocycles. The Labute approximate surface area is 162 Å². The molecule has 3 rings (SSSR count). The Morgan fingerprint density at radius 3 is 2.28 bits per heavy atom. The van der Waals surface area contributed by atoms with E-state index in [1.165, 1.54) is 12.1 Å². The Bertz CT molecular complexity index is 911. The average Bonchev–Trinajstić information content (AvgIpc) is 2.62. The highest BCUT2D eigenvalue weighted by Gasteiger charge is 2.36. The molecular weight excluding hydrogens is 401 g/mol. The summed E-state index contributed by atoms with van der Waals surface area (Å²) in [5, 5.41) is 0. The molecule has 0 N–H and O–H groups in total. The van der Waals surface area contributed by atoms with Crippen molar-refractivity contribution >= 4 is 0 Å². The molecule has 0 fully saturated rings. The van der Waals surface area contributed by atoms with Crippen molar-refractivity contribution < 1.29 is 35.5 Å². The van der Waals surface area contributed by atoms with Gasteiger partial charge in [0.25, 0.3) is 0 Å². The summed E-state index contributed by atoms with van der Waals surface area (Å²) in [4.78, 5) is 0. The Morgan fingerprint density at radius 2 is 1.69 bits per heavy atom. The summed E-state index contributed by atoms with van der Waals surface area (Å²) in [6.45, 7) is 3.55. The van der Waals surface area contributed by atoms with Gasteiger partial charge in [0.05, 0.1) is 0 Å². The molecule has 2 aromatic carbocycles. The van der Waals surface area contributed by atoms with E-state index in [0.29, 0.717) is 18.4 Å². The number of hydrogen-bond donors (Lipinski definition) is 0. The first-order valence-corrected chi connectivity index (χ1v) is 8.95. The summed E-state index contributed by atoms with van der Waals surface area (Å²) in [7, 11) is 0. The van der Waals surface area contributed by atoms with Crippen LogP contribution in [0.5, 0.6) is 5.75 Å². The predicted octanol–water partition coefficient (Wildman–Crippen LogP) is 6.53. The van der Waals surface area contributed by atoms with E-state index in [1.807, 2.05) is 0 Å². The van der Waals surface area contributed by atoms with Crippen LogP contribution in [0.4, 0.5) is 30.7 Å².